The monoisotopic (exact) mass is 620 g/mol. The number of ether oxygens (including phenoxy) is 2. The molecule has 0 unspecified atom stereocenters. The van der Waals surface area contributed by atoms with Crippen LogP contribution in [-0.2, 0) is 9.47 Å². The quantitative estimate of drug-likeness (QED) is 0.208. The summed E-state index contributed by atoms with van der Waals surface area (Å²) in [5.74, 6) is -0.537. The third-order valence-corrected chi connectivity index (χ3v) is 7.92. The van der Waals surface area contributed by atoms with Crippen LogP contribution in [0, 0.1) is 0 Å². The number of nitrogens with zero attached hydrogens (tertiary/aromatic N) is 4. The molecule has 0 radical (unpaired) electrons. The van der Waals surface area contributed by atoms with Crippen LogP contribution in [0.15, 0.2) is 43.0 Å². The second-order valence-corrected chi connectivity index (χ2v) is 13.8. The van der Waals surface area contributed by atoms with Gasteiger partial charge in [0, 0.05) is 21.0 Å². The first kappa shape index (κ1) is 30.4. The number of benzene rings is 1. The highest BCUT2D eigenvalue weighted by Crippen LogP contribution is 2.45. The summed E-state index contributed by atoms with van der Waals surface area (Å²) in [5, 5.41) is 1.74. The number of halogens is 1. The van der Waals surface area contributed by atoms with Crippen LogP contribution in [0.4, 0.5) is 15.3 Å². The fourth-order valence-electron chi connectivity index (χ4n) is 4.92. The van der Waals surface area contributed by atoms with Crippen LogP contribution in [0.3, 0.4) is 0 Å². The molecule has 1 atom stereocenters. The largest absolute Gasteiger partial charge is 0.443 e. The van der Waals surface area contributed by atoms with E-state index in [9.17, 15) is 14.4 Å². The van der Waals surface area contributed by atoms with E-state index >= 15 is 0 Å². The number of imide groups is 1. The highest BCUT2D eigenvalue weighted by Gasteiger charge is 2.42. The number of fused-ring (bicyclic) bond motifs is 5. The maximum absolute atomic E-state index is 14.1. The predicted octanol–water partition coefficient (Wildman–Crippen LogP) is 8.33. The molecule has 9 nitrogen and oxygen atoms in total. The van der Waals surface area contributed by atoms with Gasteiger partial charge in [0.25, 0.3) is 5.91 Å². The molecule has 0 fully saturated rings. The van der Waals surface area contributed by atoms with E-state index in [0.29, 0.717) is 33.1 Å². The minimum Gasteiger partial charge on any atom is -0.443 e. The average Bonchev–Trinajstić information content (AvgIpc) is 3.24. The average molecular weight is 621 g/mol. The van der Waals surface area contributed by atoms with Gasteiger partial charge in [0.2, 0.25) is 0 Å². The van der Waals surface area contributed by atoms with Gasteiger partial charge in [-0.25, -0.2) is 24.5 Å². The van der Waals surface area contributed by atoms with Gasteiger partial charge < -0.3 is 9.47 Å². The van der Waals surface area contributed by atoms with Gasteiger partial charge in [-0.1, -0.05) is 18.2 Å². The standard InChI is InChI=1S/C32H33ClN4O5S/c1-9-19-14-18(15-24(33)34-19)21-11-10-20-22(35-21)12-13-23-25(20)26-27(43-23)28(38)37(30(40)42-32(6,7)8)17(2)16-36(26)29(39)41-31(3,4)5/h9-15,17H,1,16H2,2-8H3/t17-/m1/s1. The third-order valence-electron chi connectivity index (χ3n) is 6.59. The molecule has 43 heavy (non-hydrogen) atoms. The van der Waals surface area contributed by atoms with E-state index in [0.717, 1.165) is 20.5 Å². The first-order valence-electron chi connectivity index (χ1n) is 13.8. The summed E-state index contributed by atoms with van der Waals surface area (Å²) in [5.41, 5.74) is 1.50. The number of amides is 3. The van der Waals surface area contributed by atoms with Crippen LogP contribution in [0.2, 0.25) is 5.15 Å². The maximum atomic E-state index is 14.1. The molecule has 5 rings (SSSR count). The van der Waals surface area contributed by atoms with Crippen molar-refractivity contribution in [3.63, 3.8) is 0 Å². The number of carbonyl (C=O) groups is 3. The Hall–Kier alpha value is -4.02. The van der Waals surface area contributed by atoms with E-state index in [1.165, 1.54) is 16.2 Å². The second-order valence-electron chi connectivity index (χ2n) is 12.4. The Morgan fingerprint density at radius 1 is 1.02 bits per heavy atom. The number of carbonyl (C=O) groups excluding carboxylic acids is 3. The summed E-state index contributed by atoms with van der Waals surface area (Å²) >= 11 is 7.45. The van der Waals surface area contributed by atoms with Crippen LogP contribution in [0.1, 0.15) is 63.8 Å². The molecule has 0 bridgehead atoms. The summed E-state index contributed by atoms with van der Waals surface area (Å²) in [6.45, 7) is 16.1. The van der Waals surface area contributed by atoms with Gasteiger partial charge in [-0.15, -0.1) is 11.3 Å². The number of hydrogen-bond donors (Lipinski definition) is 0. The van der Waals surface area contributed by atoms with Gasteiger partial charge >= 0.3 is 12.2 Å². The highest BCUT2D eigenvalue weighted by molar-refractivity contribution is 7.21. The molecule has 4 heterocycles. The van der Waals surface area contributed by atoms with Gasteiger partial charge in [-0.05, 0) is 90.9 Å². The van der Waals surface area contributed by atoms with E-state index in [4.69, 9.17) is 26.1 Å². The molecule has 1 aliphatic rings. The topological polar surface area (TPSA) is 102 Å². The van der Waals surface area contributed by atoms with Gasteiger partial charge in [0.05, 0.1) is 35.2 Å². The lowest BCUT2D eigenvalue weighted by atomic mass is 10.1. The molecule has 0 saturated carbocycles. The number of pyridine rings is 2. The van der Waals surface area contributed by atoms with Crippen molar-refractivity contribution in [3.05, 3.63) is 58.7 Å². The van der Waals surface area contributed by atoms with Crippen LogP contribution >= 0.6 is 22.9 Å². The number of rotatable bonds is 2. The fraction of sp³-hybridized carbons (Fsp3) is 0.344. The van der Waals surface area contributed by atoms with Crippen molar-refractivity contribution in [2.45, 2.75) is 65.7 Å². The van der Waals surface area contributed by atoms with Crippen LogP contribution in [0.5, 0.6) is 0 Å². The first-order valence-corrected chi connectivity index (χ1v) is 15.0. The van der Waals surface area contributed by atoms with Crippen LogP contribution in [-0.4, -0.2) is 56.8 Å². The van der Waals surface area contributed by atoms with Crippen molar-refractivity contribution in [3.8, 4) is 11.3 Å². The Balaban J connectivity index is 1.73. The third kappa shape index (κ3) is 6.07. The summed E-state index contributed by atoms with van der Waals surface area (Å²) in [4.78, 5) is 53.0. The van der Waals surface area contributed by atoms with Crippen molar-refractivity contribution >= 4 is 73.8 Å². The lowest BCUT2D eigenvalue weighted by Crippen LogP contribution is -2.49. The highest BCUT2D eigenvalue weighted by atomic mass is 35.5. The Bertz CT molecular complexity index is 1800. The molecule has 11 heteroatoms. The lowest BCUT2D eigenvalue weighted by Gasteiger charge is -2.31. The van der Waals surface area contributed by atoms with E-state index < -0.39 is 35.3 Å². The molecular formula is C32H33ClN4O5S. The number of aromatic nitrogens is 2. The number of hydrogen-bond acceptors (Lipinski definition) is 8. The Labute approximate surface area is 259 Å². The molecule has 1 aromatic carbocycles. The van der Waals surface area contributed by atoms with Gasteiger partial charge in [-0.3, -0.25) is 9.69 Å². The minimum atomic E-state index is -0.817. The fourth-order valence-corrected chi connectivity index (χ4v) is 6.30. The molecule has 4 aromatic rings. The van der Waals surface area contributed by atoms with Crippen molar-refractivity contribution < 1.29 is 23.9 Å². The molecular weight excluding hydrogens is 588 g/mol. The normalized spacial score (nSPS) is 15.8. The van der Waals surface area contributed by atoms with Gasteiger partial charge in [0.15, 0.2) is 0 Å². The zero-order valence-corrected chi connectivity index (χ0v) is 26.7. The summed E-state index contributed by atoms with van der Waals surface area (Å²) in [7, 11) is 0. The molecule has 3 amide bonds. The van der Waals surface area contributed by atoms with Crippen molar-refractivity contribution in [2.24, 2.45) is 0 Å². The molecule has 0 aliphatic carbocycles. The molecule has 3 aromatic heterocycles. The summed E-state index contributed by atoms with van der Waals surface area (Å²) < 4.78 is 12.1. The Morgan fingerprint density at radius 3 is 2.35 bits per heavy atom. The second kappa shape index (κ2) is 10.9. The van der Waals surface area contributed by atoms with E-state index in [1.807, 2.05) is 30.3 Å². The van der Waals surface area contributed by atoms with Crippen molar-refractivity contribution in [2.75, 3.05) is 11.4 Å². The number of thiophene rings is 1. The molecule has 0 spiro atoms. The van der Waals surface area contributed by atoms with Crippen molar-refractivity contribution in [1.82, 2.24) is 14.9 Å². The van der Waals surface area contributed by atoms with Crippen LogP contribution in [0.25, 0.3) is 38.3 Å². The SMILES string of the molecule is C=Cc1cc(-c2ccc3c(ccc4sc5c(c43)N(C(=O)OC(C)(C)C)C[C@@H](C)N(C(=O)OC(C)(C)C)C5=O)n2)cc(Cl)n1. The smallest absolute Gasteiger partial charge is 0.417 e. The maximum Gasteiger partial charge on any atom is 0.417 e. The van der Waals surface area contributed by atoms with E-state index in [2.05, 4.69) is 11.6 Å². The zero-order valence-electron chi connectivity index (χ0n) is 25.1. The minimum absolute atomic E-state index is 0.0144. The Kier molecular flexibility index (Phi) is 7.73. The summed E-state index contributed by atoms with van der Waals surface area (Å²) in [6.07, 6.45) is 0.222. The van der Waals surface area contributed by atoms with Gasteiger partial charge in [-0.2, -0.15) is 0 Å². The van der Waals surface area contributed by atoms with E-state index in [1.54, 1.807) is 60.6 Å². The van der Waals surface area contributed by atoms with E-state index in [-0.39, 0.29) is 11.4 Å². The van der Waals surface area contributed by atoms with Gasteiger partial charge in [0.1, 0.15) is 21.2 Å². The summed E-state index contributed by atoms with van der Waals surface area (Å²) in [6, 6.07) is 10.4. The lowest BCUT2D eigenvalue weighted by molar-refractivity contribution is 0.0182. The van der Waals surface area contributed by atoms with Crippen LogP contribution < -0.4 is 4.90 Å². The molecule has 224 valence electrons. The van der Waals surface area contributed by atoms with Crippen molar-refractivity contribution in [1.29, 1.82) is 0 Å². The molecule has 1 aliphatic heterocycles. The molecule has 0 saturated heterocycles. The first-order chi connectivity index (χ1) is 20.1. The predicted molar refractivity (Wildman–Crippen MR) is 171 cm³/mol. The number of anilines is 1. The zero-order chi connectivity index (χ0) is 31.4. The Morgan fingerprint density at radius 2 is 1.70 bits per heavy atom. The molecule has 0 N–H and O–H groups in total.